The van der Waals surface area contributed by atoms with Crippen molar-refractivity contribution in [3.05, 3.63) is 11.9 Å². The Hall–Kier alpha value is -1.72. The minimum absolute atomic E-state index is 0.0843. The predicted octanol–water partition coefficient (Wildman–Crippen LogP) is 0.245. The van der Waals surface area contributed by atoms with Crippen LogP contribution in [0.2, 0.25) is 0 Å². The lowest BCUT2D eigenvalue weighted by molar-refractivity contribution is -0.152. The van der Waals surface area contributed by atoms with Gasteiger partial charge in [-0.05, 0) is 18.8 Å². The number of hydrogen-bond acceptors (Lipinski definition) is 5. The Labute approximate surface area is 91.6 Å². The van der Waals surface area contributed by atoms with Crippen LogP contribution in [0, 0.1) is 5.92 Å². The second-order valence-electron chi connectivity index (χ2n) is 4.36. The molecule has 1 aliphatic heterocycles. The van der Waals surface area contributed by atoms with Crippen molar-refractivity contribution in [3.8, 4) is 0 Å². The molecular weight excluding hydrogens is 210 g/mol. The van der Waals surface area contributed by atoms with E-state index in [-0.39, 0.29) is 6.42 Å². The van der Waals surface area contributed by atoms with E-state index in [9.17, 15) is 9.59 Å². The van der Waals surface area contributed by atoms with Crippen LogP contribution in [0.4, 0.5) is 0 Å². The van der Waals surface area contributed by atoms with Crippen molar-refractivity contribution in [2.75, 3.05) is 0 Å². The maximum atomic E-state index is 11.3. The van der Waals surface area contributed by atoms with Crippen LogP contribution in [0.15, 0.2) is 6.20 Å². The van der Waals surface area contributed by atoms with Gasteiger partial charge < -0.3 is 4.74 Å². The lowest BCUT2D eigenvalue weighted by Crippen LogP contribution is -2.06. The number of nitrogens with zero attached hydrogens (tertiary/aromatic N) is 3. The van der Waals surface area contributed by atoms with E-state index in [2.05, 4.69) is 15.0 Å². The van der Waals surface area contributed by atoms with Crippen molar-refractivity contribution in [1.82, 2.24) is 15.0 Å². The maximum Gasteiger partial charge on any atom is 0.323 e. The summed E-state index contributed by atoms with van der Waals surface area (Å²) in [6.45, 7) is 0.850. The number of carbonyl (C=O) groups excluding carboxylic acids is 2. The summed E-state index contributed by atoms with van der Waals surface area (Å²) in [5.74, 6) is -0.845. The quantitative estimate of drug-likeness (QED) is 0.540. The third-order valence-corrected chi connectivity index (χ3v) is 2.93. The van der Waals surface area contributed by atoms with Gasteiger partial charge in [0.25, 0.3) is 0 Å². The first-order chi connectivity index (χ1) is 7.72. The van der Waals surface area contributed by atoms with Gasteiger partial charge in [-0.15, -0.1) is 5.10 Å². The van der Waals surface area contributed by atoms with Gasteiger partial charge in [-0.1, -0.05) is 5.21 Å². The first-order valence-corrected chi connectivity index (χ1v) is 5.37. The lowest BCUT2D eigenvalue weighted by Gasteiger charge is -1.97. The molecule has 2 heterocycles. The summed E-state index contributed by atoms with van der Waals surface area (Å²) in [7, 11) is 0. The molecule has 6 heteroatoms. The van der Waals surface area contributed by atoms with E-state index in [0.717, 1.165) is 6.54 Å². The summed E-state index contributed by atoms with van der Waals surface area (Å²) in [4.78, 5) is 22.2. The molecule has 1 unspecified atom stereocenters. The number of ether oxygens (including phenoxy) is 1. The molecule has 0 aromatic carbocycles. The minimum Gasteiger partial charge on any atom is -0.393 e. The molecule has 1 aromatic heterocycles. The SMILES string of the molecule is O=C1CC(c2cn(CC3CC3)nn2)C(=O)O1. The fraction of sp³-hybridized carbons (Fsp3) is 0.600. The van der Waals surface area contributed by atoms with Gasteiger partial charge in [0.15, 0.2) is 0 Å². The summed E-state index contributed by atoms with van der Waals surface area (Å²) in [5.41, 5.74) is 0.538. The molecule has 2 aliphatic rings. The molecule has 1 atom stereocenters. The van der Waals surface area contributed by atoms with Crippen molar-refractivity contribution in [1.29, 1.82) is 0 Å². The number of carbonyl (C=O) groups is 2. The largest absolute Gasteiger partial charge is 0.393 e. The molecular formula is C10H11N3O3. The summed E-state index contributed by atoms with van der Waals surface area (Å²) < 4.78 is 6.22. The van der Waals surface area contributed by atoms with Crippen LogP contribution in [-0.2, 0) is 20.9 Å². The molecule has 6 nitrogen and oxygen atoms in total. The van der Waals surface area contributed by atoms with Gasteiger partial charge in [0, 0.05) is 12.7 Å². The van der Waals surface area contributed by atoms with Crippen LogP contribution < -0.4 is 0 Å². The zero-order chi connectivity index (χ0) is 11.1. The molecule has 1 saturated carbocycles. The normalized spacial score (nSPS) is 24.9. The average molecular weight is 221 g/mol. The fourth-order valence-corrected chi connectivity index (χ4v) is 1.83. The second kappa shape index (κ2) is 3.40. The van der Waals surface area contributed by atoms with E-state index in [0.29, 0.717) is 11.6 Å². The zero-order valence-electron chi connectivity index (χ0n) is 8.63. The van der Waals surface area contributed by atoms with Crippen molar-refractivity contribution in [2.45, 2.75) is 31.7 Å². The van der Waals surface area contributed by atoms with Crippen LogP contribution in [0.25, 0.3) is 0 Å². The molecule has 0 N–H and O–H groups in total. The van der Waals surface area contributed by atoms with Gasteiger partial charge in [0.1, 0.15) is 5.92 Å². The lowest BCUT2D eigenvalue weighted by atomic mass is 10.1. The Kier molecular flexibility index (Phi) is 2.02. The Balaban J connectivity index is 1.75. The van der Waals surface area contributed by atoms with E-state index in [1.54, 1.807) is 10.9 Å². The van der Waals surface area contributed by atoms with E-state index in [4.69, 9.17) is 0 Å². The summed E-state index contributed by atoms with van der Waals surface area (Å²) >= 11 is 0. The smallest absolute Gasteiger partial charge is 0.323 e. The highest BCUT2D eigenvalue weighted by Crippen LogP contribution is 2.31. The van der Waals surface area contributed by atoms with Gasteiger partial charge in [0.2, 0.25) is 0 Å². The molecule has 1 aromatic rings. The second-order valence-corrected chi connectivity index (χ2v) is 4.36. The van der Waals surface area contributed by atoms with Crippen molar-refractivity contribution in [3.63, 3.8) is 0 Å². The number of aromatic nitrogens is 3. The molecule has 3 rings (SSSR count). The van der Waals surface area contributed by atoms with Crippen molar-refractivity contribution < 1.29 is 14.3 Å². The van der Waals surface area contributed by atoms with E-state index < -0.39 is 17.9 Å². The average Bonchev–Trinajstić information content (AvgIpc) is 2.80. The Bertz CT molecular complexity index is 450. The van der Waals surface area contributed by atoms with E-state index in [1.165, 1.54) is 12.8 Å². The first kappa shape index (κ1) is 9.50. The summed E-state index contributed by atoms with van der Waals surface area (Å²) in [6, 6.07) is 0. The Morgan fingerprint density at radius 2 is 2.25 bits per heavy atom. The van der Waals surface area contributed by atoms with E-state index >= 15 is 0 Å². The number of hydrogen-bond donors (Lipinski definition) is 0. The zero-order valence-corrected chi connectivity index (χ0v) is 8.63. The number of esters is 2. The number of cyclic esters (lactones) is 2. The molecule has 1 aliphatic carbocycles. The van der Waals surface area contributed by atoms with Crippen LogP contribution in [0.3, 0.4) is 0 Å². The monoisotopic (exact) mass is 221 g/mol. The molecule has 16 heavy (non-hydrogen) atoms. The molecule has 1 saturated heterocycles. The maximum absolute atomic E-state index is 11.3. The predicted molar refractivity (Wildman–Crippen MR) is 51.2 cm³/mol. The first-order valence-electron chi connectivity index (χ1n) is 5.37. The van der Waals surface area contributed by atoms with Gasteiger partial charge >= 0.3 is 11.9 Å². The van der Waals surface area contributed by atoms with Crippen LogP contribution in [0.5, 0.6) is 0 Å². The molecule has 84 valence electrons. The van der Waals surface area contributed by atoms with E-state index in [1.807, 2.05) is 0 Å². The standard InChI is InChI=1S/C10H11N3O3/c14-9-3-7(10(15)16-9)8-5-13(12-11-8)4-6-1-2-6/h5-7H,1-4H2. The molecule has 0 spiro atoms. The highest BCUT2D eigenvalue weighted by atomic mass is 16.6. The van der Waals surface area contributed by atoms with Gasteiger partial charge in [-0.3, -0.25) is 14.3 Å². The third-order valence-electron chi connectivity index (χ3n) is 2.93. The topological polar surface area (TPSA) is 74.1 Å². The number of rotatable bonds is 3. The Morgan fingerprint density at radius 3 is 2.88 bits per heavy atom. The summed E-state index contributed by atoms with van der Waals surface area (Å²) in [6.07, 6.45) is 4.29. The Morgan fingerprint density at radius 1 is 1.44 bits per heavy atom. The van der Waals surface area contributed by atoms with Gasteiger partial charge in [-0.25, -0.2) is 0 Å². The highest BCUT2D eigenvalue weighted by molar-refractivity contribution is 5.97. The van der Waals surface area contributed by atoms with Gasteiger partial charge in [-0.2, -0.15) is 0 Å². The fourth-order valence-electron chi connectivity index (χ4n) is 1.83. The molecule has 0 bridgehead atoms. The minimum atomic E-state index is -0.555. The highest BCUT2D eigenvalue weighted by Gasteiger charge is 2.36. The summed E-state index contributed by atoms with van der Waals surface area (Å²) in [5, 5.41) is 7.87. The van der Waals surface area contributed by atoms with Crippen LogP contribution in [0.1, 0.15) is 30.9 Å². The van der Waals surface area contributed by atoms with Gasteiger partial charge in [0.05, 0.1) is 12.1 Å². The molecule has 0 radical (unpaired) electrons. The van der Waals surface area contributed by atoms with Crippen LogP contribution in [-0.4, -0.2) is 26.9 Å². The van der Waals surface area contributed by atoms with Crippen molar-refractivity contribution >= 4 is 11.9 Å². The van der Waals surface area contributed by atoms with Crippen LogP contribution >= 0.6 is 0 Å². The molecule has 2 fully saturated rings. The molecule has 0 amide bonds. The van der Waals surface area contributed by atoms with Crippen molar-refractivity contribution in [2.24, 2.45) is 5.92 Å². The third kappa shape index (κ3) is 1.70.